The van der Waals surface area contributed by atoms with Crippen LogP contribution in [-0.4, -0.2) is 12.1 Å². The molecule has 100 valence electrons. The molecule has 0 saturated heterocycles. The van der Waals surface area contributed by atoms with Crippen LogP contribution in [0.2, 0.25) is 5.02 Å². The average molecular weight is 343 g/mol. The third-order valence-electron chi connectivity index (χ3n) is 2.74. The summed E-state index contributed by atoms with van der Waals surface area (Å²) >= 11 is 9.49. The molecule has 0 aliphatic carbocycles. The molecule has 0 bridgehead atoms. The number of hydrazine groups is 1. The van der Waals surface area contributed by atoms with E-state index in [1.165, 1.54) is 0 Å². The van der Waals surface area contributed by atoms with Gasteiger partial charge in [-0.1, -0.05) is 17.7 Å². The minimum absolute atomic E-state index is 0.248. The molecule has 6 heteroatoms. The molecule has 4 nitrogen and oxygen atoms in total. The molecule has 2 rings (SSSR count). The van der Waals surface area contributed by atoms with Crippen molar-refractivity contribution in [3.05, 3.63) is 57.3 Å². The minimum Gasteiger partial charge on any atom is -0.495 e. The SMILES string of the molecule is COc1cc(C(NN)c2ncccc2Br)ccc1Cl. The summed E-state index contributed by atoms with van der Waals surface area (Å²) in [6.07, 6.45) is 1.72. The number of hydrogen-bond acceptors (Lipinski definition) is 4. The second-order valence-corrected chi connectivity index (χ2v) is 5.13. The summed E-state index contributed by atoms with van der Waals surface area (Å²) < 4.78 is 6.10. The normalized spacial score (nSPS) is 12.2. The van der Waals surface area contributed by atoms with Crippen LogP contribution < -0.4 is 16.0 Å². The van der Waals surface area contributed by atoms with Crippen LogP contribution in [0.3, 0.4) is 0 Å². The van der Waals surface area contributed by atoms with Crippen LogP contribution in [0, 0.1) is 0 Å². The zero-order chi connectivity index (χ0) is 13.8. The zero-order valence-corrected chi connectivity index (χ0v) is 12.6. The second kappa shape index (κ2) is 6.34. The van der Waals surface area contributed by atoms with Gasteiger partial charge < -0.3 is 4.74 Å². The summed E-state index contributed by atoms with van der Waals surface area (Å²) in [5.74, 6) is 6.25. The van der Waals surface area contributed by atoms with Gasteiger partial charge in [0.05, 0.1) is 23.9 Å². The van der Waals surface area contributed by atoms with E-state index in [2.05, 4.69) is 26.3 Å². The first-order valence-corrected chi connectivity index (χ1v) is 6.74. The van der Waals surface area contributed by atoms with Gasteiger partial charge >= 0.3 is 0 Å². The Kier molecular flexibility index (Phi) is 4.76. The first kappa shape index (κ1) is 14.3. The van der Waals surface area contributed by atoms with E-state index in [9.17, 15) is 0 Å². The molecule has 0 aliphatic heterocycles. The summed E-state index contributed by atoms with van der Waals surface area (Å²) in [7, 11) is 1.58. The fraction of sp³-hybridized carbons (Fsp3) is 0.154. The molecular weight excluding hydrogens is 330 g/mol. The third-order valence-corrected chi connectivity index (χ3v) is 3.72. The number of ether oxygens (including phenoxy) is 1. The van der Waals surface area contributed by atoms with Crippen LogP contribution in [0.25, 0.3) is 0 Å². The van der Waals surface area contributed by atoms with Gasteiger partial charge in [-0.15, -0.1) is 0 Å². The summed E-state index contributed by atoms with van der Waals surface area (Å²) in [4.78, 5) is 4.34. The highest BCUT2D eigenvalue weighted by Gasteiger charge is 2.18. The molecule has 1 atom stereocenters. The van der Waals surface area contributed by atoms with Gasteiger partial charge in [-0.2, -0.15) is 0 Å². The van der Waals surface area contributed by atoms with Crippen molar-refractivity contribution in [2.24, 2.45) is 5.84 Å². The van der Waals surface area contributed by atoms with Crippen molar-refractivity contribution < 1.29 is 4.74 Å². The van der Waals surface area contributed by atoms with Crippen molar-refractivity contribution in [2.75, 3.05) is 7.11 Å². The van der Waals surface area contributed by atoms with E-state index in [4.69, 9.17) is 22.2 Å². The molecule has 3 N–H and O–H groups in total. The zero-order valence-electron chi connectivity index (χ0n) is 10.2. The summed E-state index contributed by atoms with van der Waals surface area (Å²) in [6, 6.07) is 9.02. The van der Waals surface area contributed by atoms with Crippen molar-refractivity contribution >= 4 is 27.5 Å². The lowest BCUT2D eigenvalue weighted by molar-refractivity contribution is 0.414. The van der Waals surface area contributed by atoms with E-state index in [1.807, 2.05) is 24.3 Å². The third kappa shape index (κ3) is 3.06. The molecule has 1 aromatic heterocycles. The Morgan fingerprint density at radius 1 is 1.42 bits per heavy atom. The van der Waals surface area contributed by atoms with Crippen molar-refractivity contribution in [1.82, 2.24) is 10.4 Å². The Morgan fingerprint density at radius 3 is 2.84 bits per heavy atom. The van der Waals surface area contributed by atoms with Crippen LogP contribution in [0.15, 0.2) is 41.0 Å². The molecule has 2 aromatic rings. The number of nitrogens with one attached hydrogen (secondary N) is 1. The maximum Gasteiger partial charge on any atom is 0.137 e. The van der Waals surface area contributed by atoms with Crippen molar-refractivity contribution in [2.45, 2.75) is 6.04 Å². The van der Waals surface area contributed by atoms with Gasteiger partial charge in [0.1, 0.15) is 5.75 Å². The van der Waals surface area contributed by atoms with Crippen molar-refractivity contribution in [1.29, 1.82) is 0 Å². The standard InChI is InChI=1S/C13H13BrClN3O/c1-19-11-7-8(4-5-10(11)15)12(18-16)13-9(14)3-2-6-17-13/h2-7,12,18H,16H2,1H3. The maximum absolute atomic E-state index is 6.02. The fourth-order valence-electron chi connectivity index (χ4n) is 1.80. The average Bonchev–Trinajstić information content (AvgIpc) is 2.43. The lowest BCUT2D eigenvalue weighted by Gasteiger charge is -2.18. The Hall–Kier alpha value is -1.14. The molecule has 1 aromatic carbocycles. The van der Waals surface area contributed by atoms with Crippen LogP contribution in [0.5, 0.6) is 5.75 Å². The van der Waals surface area contributed by atoms with E-state index >= 15 is 0 Å². The van der Waals surface area contributed by atoms with Gasteiger partial charge in [0.15, 0.2) is 0 Å². The number of halogens is 2. The molecular formula is C13H13BrClN3O. The number of methoxy groups -OCH3 is 1. The predicted molar refractivity (Wildman–Crippen MR) is 79.1 cm³/mol. The molecule has 0 aliphatic rings. The predicted octanol–water partition coefficient (Wildman–Crippen LogP) is 3.06. The van der Waals surface area contributed by atoms with E-state index in [-0.39, 0.29) is 6.04 Å². The largest absolute Gasteiger partial charge is 0.495 e. The molecule has 19 heavy (non-hydrogen) atoms. The molecule has 0 fully saturated rings. The van der Waals surface area contributed by atoms with Crippen molar-refractivity contribution in [3.8, 4) is 5.75 Å². The Morgan fingerprint density at radius 2 is 2.21 bits per heavy atom. The quantitative estimate of drug-likeness (QED) is 0.662. The molecule has 0 amide bonds. The lowest BCUT2D eigenvalue weighted by Crippen LogP contribution is -2.29. The van der Waals surface area contributed by atoms with Gasteiger partial charge in [0, 0.05) is 10.7 Å². The van der Waals surface area contributed by atoms with Gasteiger partial charge in [-0.3, -0.25) is 10.8 Å². The summed E-state index contributed by atoms with van der Waals surface area (Å²) in [5.41, 5.74) is 4.48. The Bertz CT molecular complexity index is 580. The molecule has 0 spiro atoms. The van der Waals surface area contributed by atoms with E-state index < -0.39 is 0 Å². The molecule has 1 unspecified atom stereocenters. The number of benzene rings is 1. The van der Waals surface area contributed by atoms with Gasteiger partial charge in [-0.05, 0) is 45.8 Å². The first-order chi connectivity index (χ1) is 9.17. The van der Waals surface area contributed by atoms with Gasteiger partial charge in [-0.25, -0.2) is 5.43 Å². The lowest BCUT2D eigenvalue weighted by atomic mass is 10.0. The number of nitrogens with zero attached hydrogens (tertiary/aromatic N) is 1. The number of pyridine rings is 1. The topological polar surface area (TPSA) is 60.2 Å². The number of rotatable bonds is 4. The first-order valence-electron chi connectivity index (χ1n) is 5.57. The van der Waals surface area contributed by atoms with Crippen LogP contribution >= 0.6 is 27.5 Å². The molecule has 0 radical (unpaired) electrons. The minimum atomic E-state index is -0.248. The molecule has 1 heterocycles. The van der Waals surface area contributed by atoms with Crippen LogP contribution in [-0.2, 0) is 0 Å². The molecule has 0 saturated carbocycles. The van der Waals surface area contributed by atoms with Crippen molar-refractivity contribution in [3.63, 3.8) is 0 Å². The smallest absolute Gasteiger partial charge is 0.137 e. The Labute approximate surface area is 125 Å². The Balaban J connectivity index is 2.45. The van der Waals surface area contributed by atoms with E-state index in [0.717, 1.165) is 15.7 Å². The monoisotopic (exact) mass is 341 g/mol. The summed E-state index contributed by atoms with van der Waals surface area (Å²) in [6.45, 7) is 0. The fourth-order valence-corrected chi connectivity index (χ4v) is 2.48. The number of aromatic nitrogens is 1. The van der Waals surface area contributed by atoms with E-state index in [0.29, 0.717) is 10.8 Å². The highest BCUT2D eigenvalue weighted by Crippen LogP contribution is 2.31. The number of hydrogen-bond donors (Lipinski definition) is 2. The highest BCUT2D eigenvalue weighted by atomic mass is 79.9. The highest BCUT2D eigenvalue weighted by molar-refractivity contribution is 9.10. The van der Waals surface area contributed by atoms with Crippen LogP contribution in [0.1, 0.15) is 17.3 Å². The van der Waals surface area contributed by atoms with Crippen LogP contribution in [0.4, 0.5) is 0 Å². The number of nitrogens with two attached hydrogens (primary N) is 1. The maximum atomic E-state index is 6.02. The second-order valence-electron chi connectivity index (χ2n) is 3.86. The van der Waals surface area contributed by atoms with Gasteiger partial charge in [0.25, 0.3) is 0 Å². The summed E-state index contributed by atoms with van der Waals surface area (Å²) in [5, 5.41) is 0.558. The van der Waals surface area contributed by atoms with E-state index in [1.54, 1.807) is 19.4 Å². The van der Waals surface area contributed by atoms with Gasteiger partial charge in [0.2, 0.25) is 0 Å².